The molecule has 90 valence electrons. The van der Waals surface area contributed by atoms with Gasteiger partial charge in [0, 0.05) is 5.69 Å². The first kappa shape index (κ1) is 11.0. The fourth-order valence-corrected chi connectivity index (χ4v) is 4.53. The van der Waals surface area contributed by atoms with Gasteiger partial charge in [0.15, 0.2) is 9.84 Å². The van der Waals surface area contributed by atoms with Gasteiger partial charge in [-0.15, -0.1) is 0 Å². The van der Waals surface area contributed by atoms with Gasteiger partial charge >= 0.3 is 0 Å². The molecule has 2 fully saturated rings. The van der Waals surface area contributed by atoms with E-state index in [1.54, 1.807) is 0 Å². The van der Waals surface area contributed by atoms with Gasteiger partial charge in [-0.1, -0.05) is 18.2 Å². The summed E-state index contributed by atoms with van der Waals surface area (Å²) in [6.45, 7) is 0. The Morgan fingerprint density at radius 3 is 2.65 bits per heavy atom. The number of thiocarbonyl (C=S) groups is 1. The number of hydrogen-bond donors (Lipinski definition) is 0. The van der Waals surface area contributed by atoms with Crippen molar-refractivity contribution in [3.05, 3.63) is 30.3 Å². The molecule has 0 radical (unpaired) electrons. The Labute approximate surface area is 105 Å². The number of para-hydroxylation sites is 1. The van der Waals surface area contributed by atoms with Crippen molar-refractivity contribution >= 4 is 32.9 Å². The molecule has 0 aromatic heterocycles. The largest absolute Gasteiger partial charge is 0.464 e. The second-order valence-electron chi connectivity index (χ2n) is 4.27. The first-order chi connectivity index (χ1) is 8.07. The summed E-state index contributed by atoms with van der Waals surface area (Å²) in [5.41, 5.74) is 0.891. The highest BCUT2D eigenvalue weighted by Gasteiger charge is 2.49. The zero-order chi connectivity index (χ0) is 12.0. The zero-order valence-electron chi connectivity index (χ0n) is 8.94. The number of rotatable bonds is 1. The molecule has 3 rings (SSSR count). The summed E-state index contributed by atoms with van der Waals surface area (Å²) in [6, 6.07) is 9.34. The smallest absolute Gasteiger partial charge is 0.264 e. The lowest BCUT2D eigenvalue weighted by molar-refractivity contribution is 0.244. The van der Waals surface area contributed by atoms with E-state index >= 15 is 0 Å². The van der Waals surface area contributed by atoms with Crippen molar-refractivity contribution < 1.29 is 13.2 Å². The van der Waals surface area contributed by atoms with Gasteiger partial charge in [-0.25, -0.2) is 8.42 Å². The Morgan fingerprint density at radius 1 is 1.24 bits per heavy atom. The molecule has 0 saturated carbocycles. The molecule has 0 bridgehead atoms. The van der Waals surface area contributed by atoms with E-state index < -0.39 is 9.84 Å². The van der Waals surface area contributed by atoms with Gasteiger partial charge in [0.05, 0.1) is 17.5 Å². The summed E-state index contributed by atoms with van der Waals surface area (Å²) < 4.78 is 28.6. The van der Waals surface area contributed by atoms with Crippen LogP contribution < -0.4 is 4.90 Å². The van der Waals surface area contributed by atoms with E-state index in [0.29, 0.717) is 5.17 Å². The summed E-state index contributed by atoms with van der Waals surface area (Å²) in [5.74, 6) is 0.188. The minimum absolute atomic E-state index is 0.0706. The number of benzene rings is 1. The van der Waals surface area contributed by atoms with Gasteiger partial charge in [-0.3, -0.25) is 4.90 Å². The fourth-order valence-electron chi connectivity index (χ4n) is 2.36. The molecule has 2 saturated heterocycles. The van der Waals surface area contributed by atoms with Gasteiger partial charge < -0.3 is 4.74 Å². The van der Waals surface area contributed by atoms with Crippen LogP contribution in [0.15, 0.2) is 30.3 Å². The number of sulfone groups is 1. The predicted molar refractivity (Wildman–Crippen MR) is 68.8 cm³/mol. The van der Waals surface area contributed by atoms with Crippen LogP contribution in [0.2, 0.25) is 0 Å². The highest BCUT2D eigenvalue weighted by molar-refractivity contribution is 7.91. The van der Waals surface area contributed by atoms with Crippen LogP contribution in [0.5, 0.6) is 0 Å². The number of ether oxygens (including phenoxy) is 1. The summed E-state index contributed by atoms with van der Waals surface area (Å²) in [4.78, 5) is 1.81. The minimum atomic E-state index is -3.00. The van der Waals surface area contributed by atoms with Gasteiger partial charge in [0.25, 0.3) is 5.17 Å². The van der Waals surface area contributed by atoms with E-state index in [0.717, 1.165) is 5.69 Å². The van der Waals surface area contributed by atoms with E-state index in [-0.39, 0.29) is 23.7 Å². The van der Waals surface area contributed by atoms with Crippen LogP contribution in [0.25, 0.3) is 0 Å². The Bertz CT molecular complexity index is 555. The molecule has 2 aliphatic rings. The lowest BCUT2D eigenvalue weighted by atomic mass is 10.2. The molecule has 2 aliphatic heterocycles. The Morgan fingerprint density at radius 2 is 1.94 bits per heavy atom. The normalized spacial score (nSPS) is 30.1. The van der Waals surface area contributed by atoms with Crippen LogP contribution in [-0.2, 0) is 14.6 Å². The first-order valence-corrected chi connectivity index (χ1v) is 7.55. The first-order valence-electron chi connectivity index (χ1n) is 5.32. The van der Waals surface area contributed by atoms with Crippen LogP contribution in [0.4, 0.5) is 5.69 Å². The Hall–Kier alpha value is -1.14. The van der Waals surface area contributed by atoms with E-state index in [2.05, 4.69) is 0 Å². The van der Waals surface area contributed by atoms with Gasteiger partial charge in [0.1, 0.15) is 6.10 Å². The third kappa shape index (κ3) is 1.81. The number of anilines is 1. The monoisotopic (exact) mass is 269 g/mol. The Balaban J connectivity index is 1.98. The summed E-state index contributed by atoms with van der Waals surface area (Å²) in [5, 5.41) is 0.376. The molecule has 6 heteroatoms. The molecule has 1 aromatic carbocycles. The SMILES string of the molecule is O=S1(=O)C[C@H]2OC(=S)N(c3ccccc3)[C@H]2C1. The third-order valence-corrected chi connectivity index (χ3v) is 5.07. The molecule has 0 unspecified atom stereocenters. The molecule has 2 heterocycles. The third-order valence-electron chi connectivity index (χ3n) is 3.09. The second kappa shape index (κ2) is 3.68. The zero-order valence-corrected chi connectivity index (χ0v) is 10.6. The molecular weight excluding hydrogens is 258 g/mol. The number of hydrogen-bond acceptors (Lipinski definition) is 4. The molecule has 4 nitrogen and oxygen atoms in total. The number of nitrogens with zero attached hydrogens (tertiary/aromatic N) is 1. The maximum Gasteiger partial charge on any atom is 0.264 e. The molecule has 0 spiro atoms. The second-order valence-corrected chi connectivity index (χ2v) is 6.78. The molecule has 0 amide bonds. The van der Waals surface area contributed by atoms with Crippen LogP contribution in [0.3, 0.4) is 0 Å². The van der Waals surface area contributed by atoms with Gasteiger partial charge in [0.2, 0.25) is 0 Å². The molecular formula is C11H11NO3S2. The summed E-state index contributed by atoms with van der Waals surface area (Å²) >= 11 is 5.16. The van der Waals surface area contributed by atoms with E-state index in [1.165, 1.54) is 0 Å². The lowest BCUT2D eigenvalue weighted by Crippen LogP contribution is -2.36. The van der Waals surface area contributed by atoms with Crippen molar-refractivity contribution in [3.8, 4) is 0 Å². The van der Waals surface area contributed by atoms with Crippen molar-refractivity contribution in [2.45, 2.75) is 12.1 Å². The topological polar surface area (TPSA) is 46.6 Å². The number of fused-ring (bicyclic) bond motifs is 1. The fraction of sp³-hybridized carbons (Fsp3) is 0.364. The van der Waals surface area contributed by atoms with Gasteiger partial charge in [-0.2, -0.15) is 0 Å². The average molecular weight is 269 g/mol. The molecule has 0 aliphatic carbocycles. The van der Waals surface area contributed by atoms with Crippen molar-refractivity contribution in [2.75, 3.05) is 16.4 Å². The Kier molecular flexibility index (Phi) is 2.38. The van der Waals surface area contributed by atoms with Crippen molar-refractivity contribution in [3.63, 3.8) is 0 Å². The van der Waals surface area contributed by atoms with E-state index in [1.807, 2.05) is 35.2 Å². The molecule has 17 heavy (non-hydrogen) atoms. The quantitative estimate of drug-likeness (QED) is 0.711. The molecule has 0 N–H and O–H groups in total. The maximum atomic E-state index is 11.6. The molecule has 2 atom stereocenters. The standard InChI is InChI=1S/C11H11NO3S2/c13-17(14)6-9-10(7-17)15-11(16)12(9)8-4-2-1-3-5-8/h1-5,9-10H,6-7H2/t9-,10+/m0/s1. The van der Waals surface area contributed by atoms with Crippen molar-refractivity contribution in [2.24, 2.45) is 0 Å². The van der Waals surface area contributed by atoms with Crippen LogP contribution >= 0.6 is 12.2 Å². The highest BCUT2D eigenvalue weighted by atomic mass is 32.2. The highest BCUT2D eigenvalue weighted by Crippen LogP contribution is 2.32. The van der Waals surface area contributed by atoms with Gasteiger partial charge in [-0.05, 0) is 24.4 Å². The summed E-state index contributed by atoms with van der Waals surface area (Å²) in [6.07, 6.45) is -0.312. The van der Waals surface area contributed by atoms with Crippen molar-refractivity contribution in [1.29, 1.82) is 0 Å². The van der Waals surface area contributed by atoms with Crippen LogP contribution in [0.1, 0.15) is 0 Å². The average Bonchev–Trinajstić information content (AvgIpc) is 2.69. The maximum absolute atomic E-state index is 11.6. The minimum Gasteiger partial charge on any atom is -0.464 e. The van der Waals surface area contributed by atoms with Crippen LogP contribution in [-0.4, -0.2) is 37.2 Å². The lowest BCUT2D eigenvalue weighted by Gasteiger charge is -2.21. The summed E-state index contributed by atoms with van der Waals surface area (Å²) in [7, 11) is -3.00. The molecule has 1 aromatic rings. The van der Waals surface area contributed by atoms with E-state index in [4.69, 9.17) is 17.0 Å². The van der Waals surface area contributed by atoms with E-state index in [9.17, 15) is 8.42 Å². The predicted octanol–water partition coefficient (Wildman–Crippen LogP) is 0.974. The van der Waals surface area contributed by atoms with Crippen LogP contribution in [0, 0.1) is 0 Å². The van der Waals surface area contributed by atoms with Crippen molar-refractivity contribution in [1.82, 2.24) is 0 Å².